The molecule has 1 N–H and O–H groups in total. The average molecular weight is 546 g/mol. The molecule has 0 radical (unpaired) electrons. The number of carbonyl (C=O) groups excluding carboxylic acids is 1. The van der Waals surface area contributed by atoms with Crippen LogP contribution < -0.4 is 10.1 Å². The van der Waals surface area contributed by atoms with Crippen molar-refractivity contribution >= 4 is 11.7 Å². The van der Waals surface area contributed by atoms with E-state index in [1.54, 1.807) is 0 Å². The summed E-state index contributed by atoms with van der Waals surface area (Å²) in [4.78, 5) is 16.3. The van der Waals surface area contributed by atoms with Crippen molar-refractivity contribution in [2.24, 2.45) is 0 Å². The number of aryl methyl sites for hydroxylation is 2. The quantitative estimate of drug-likeness (QED) is 0.233. The lowest BCUT2D eigenvalue weighted by atomic mass is 9.99. The third kappa shape index (κ3) is 4.88. The zero-order valence-corrected chi connectivity index (χ0v) is 23.7. The molecule has 3 aromatic carbocycles. The Morgan fingerprint density at radius 3 is 2.39 bits per heavy atom. The largest absolute Gasteiger partial charge is 0.492 e. The Morgan fingerprint density at radius 1 is 0.902 bits per heavy atom. The molecular weight excluding hydrogens is 510 g/mol. The monoisotopic (exact) mass is 545 g/mol. The number of hydrogen-bond donors (Lipinski definition) is 1. The first-order chi connectivity index (χ1) is 20.1. The summed E-state index contributed by atoms with van der Waals surface area (Å²) in [5.74, 6) is 1.62. The normalized spacial score (nSPS) is 14.2. The Kier molecular flexibility index (Phi) is 7.33. The van der Waals surface area contributed by atoms with Crippen molar-refractivity contribution in [2.75, 3.05) is 11.9 Å². The number of ether oxygens (including phenoxy) is 1. The van der Waals surface area contributed by atoms with Crippen LogP contribution in [0.15, 0.2) is 97.2 Å². The predicted octanol–water partition coefficient (Wildman–Crippen LogP) is 7.32. The van der Waals surface area contributed by atoms with Gasteiger partial charge in [0.05, 0.1) is 42.0 Å². The smallest absolute Gasteiger partial charge is 0.323 e. The molecule has 6 rings (SSSR count). The number of rotatable bonds is 7. The van der Waals surface area contributed by atoms with Crippen molar-refractivity contribution < 1.29 is 9.53 Å². The first kappa shape index (κ1) is 26.4. The van der Waals surface area contributed by atoms with Crippen LogP contribution in [0.5, 0.6) is 5.75 Å². The van der Waals surface area contributed by atoms with Gasteiger partial charge in [-0.25, -0.2) is 9.48 Å². The summed E-state index contributed by atoms with van der Waals surface area (Å²) >= 11 is 0. The molecule has 7 heteroatoms. The molecule has 1 aliphatic rings. The van der Waals surface area contributed by atoms with Gasteiger partial charge in [0.2, 0.25) is 0 Å². The van der Waals surface area contributed by atoms with E-state index in [4.69, 9.17) is 9.84 Å². The Labute approximate surface area is 241 Å². The second-order valence-electron chi connectivity index (χ2n) is 10.1. The molecule has 1 aliphatic heterocycles. The van der Waals surface area contributed by atoms with Crippen LogP contribution >= 0.6 is 0 Å². The van der Waals surface area contributed by atoms with Gasteiger partial charge in [0.1, 0.15) is 11.6 Å². The van der Waals surface area contributed by atoms with E-state index in [0.717, 1.165) is 46.9 Å². The van der Waals surface area contributed by atoms with Crippen LogP contribution in [0.4, 0.5) is 10.5 Å². The van der Waals surface area contributed by atoms with Crippen LogP contribution in [-0.4, -0.2) is 31.9 Å². The number of hydrogen-bond acceptors (Lipinski definition) is 3. The van der Waals surface area contributed by atoms with E-state index in [9.17, 15) is 4.79 Å². The highest BCUT2D eigenvalue weighted by molar-refractivity contribution is 5.91. The third-order valence-corrected chi connectivity index (χ3v) is 7.70. The Balaban J connectivity index is 1.53. The number of nitrogens with one attached hydrogen (secondary N) is 1. The van der Waals surface area contributed by atoms with Crippen LogP contribution in [0, 0.1) is 0 Å². The van der Waals surface area contributed by atoms with Crippen molar-refractivity contribution in [3.8, 4) is 17.3 Å². The summed E-state index contributed by atoms with van der Waals surface area (Å²) in [7, 11) is 0. The minimum atomic E-state index is -0.323. The van der Waals surface area contributed by atoms with E-state index < -0.39 is 0 Å². The Morgan fingerprint density at radius 2 is 1.66 bits per heavy atom. The summed E-state index contributed by atoms with van der Waals surface area (Å²) in [6.45, 7) is 7.12. The topological polar surface area (TPSA) is 64.3 Å². The van der Waals surface area contributed by atoms with Gasteiger partial charge >= 0.3 is 6.03 Å². The second kappa shape index (κ2) is 11.4. The van der Waals surface area contributed by atoms with Crippen LogP contribution in [0.1, 0.15) is 54.9 Å². The zero-order chi connectivity index (χ0) is 28.3. The number of carbonyl (C=O) groups is 1. The number of benzene rings is 3. The summed E-state index contributed by atoms with van der Waals surface area (Å²) in [6, 6.07) is 30.0. The van der Waals surface area contributed by atoms with Crippen LogP contribution in [0.25, 0.3) is 11.5 Å². The van der Waals surface area contributed by atoms with Gasteiger partial charge in [-0.2, -0.15) is 5.10 Å². The number of urea groups is 1. The van der Waals surface area contributed by atoms with Crippen LogP contribution in [0.2, 0.25) is 0 Å². The van der Waals surface area contributed by atoms with Crippen LogP contribution in [-0.2, 0) is 19.4 Å². The van der Waals surface area contributed by atoms with E-state index in [0.29, 0.717) is 24.6 Å². The van der Waals surface area contributed by atoms with Gasteiger partial charge in [0.25, 0.3) is 0 Å². The Bertz CT molecular complexity index is 1650. The molecule has 2 amide bonds. The maximum absolute atomic E-state index is 14.3. The molecule has 41 heavy (non-hydrogen) atoms. The van der Waals surface area contributed by atoms with Gasteiger partial charge in [-0.1, -0.05) is 68.4 Å². The summed E-state index contributed by atoms with van der Waals surface area (Å²) in [5.41, 5.74) is 6.95. The van der Waals surface area contributed by atoms with Gasteiger partial charge in [-0.3, -0.25) is 0 Å². The number of aromatic nitrogens is 3. The number of nitrogens with zero attached hydrogens (tertiary/aromatic N) is 4. The first-order valence-electron chi connectivity index (χ1n) is 14.3. The third-order valence-electron chi connectivity index (χ3n) is 7.70. The minimum Gasteiger partial charge on any atom is -0.492 e. The number of fused-ring (bicyclic) bond motifs is 3. The van der Waals surface area contributed by atoms with Crippen molar-refractivity contribution in [3.63, 3.8) is 0 Å². The SMILES string of the molecule is CCOc1ccccc1NC(=O)N1Cc2c(CC)nn(-c3ccccc3)c2-n2cccc2C1c1ccc(CC)cc1. The summed E-state index contributed by atoms with van der Waals surface area (Å²) < 4.78 is 10.0. The zero-order valence-electron chi connectivity index (χ0n) is 23.7. The predicted molar refractivity (Wildman–Crippen MR) is 162 cm³/mol. The molecule has 5 aromatic rings. The molecule has 1 unspecified atom stereocenters. The lowest BCUT2D eigenvalue weighted by molar-refractivity contribution is 0.194. The van der Waals surface area contributed by atoms with Crippen molar-refractivity contribution in [3.05, 3.63) is 125 Å². The molecule has 0 saturated heterocycles. The fourth-order valence-corrected chi connectivity index (χ4v) is 5.67. The van der Waals surface area contributed by atoms with Gasteiger partial charge in [-0.05, 0) is 67.3 Å². The fraction of sp³-hybridized carbons (Fsp3) is 0.235. The van der Waals surface area contributed by atoms with Crippen LogP contribution in [0.3, 0.4) is 0 Å². The molecule has 7 nitrogen and oxygen atoms in total. The van der Waals surface area contributed by atoms with E-state index >= 15 is 0 Å². The Hall–Kier alpha value is -4.78. The molecule has 1 atom stereocenters. The highest BCUT2D eigenvalue weighted by Crippen LogP contribution is 2.39. The van der Waals surface area contributed by atoms with Crippen molar-refractivity contribution in [1.29, 1.82) is 0 Å². The molecule has 0 aliphatic carbocycles. The lowest BCUT2D eigenvalue weighted by Crippen LogP contribution is -2.38. The van der Waals surface area contributed by atoms with E-state index in [-0.39, 0.29) is 12.1 Å². The molecule has 208 valence electrons. The maximum Gasteiger partial charge on any atom is 0.323 e. The number of amides is 2. The van der Waals surface area contributed by atoms with Gasteiger partial charge in [0, 0.05) is 11.8 Å². The number of para-hydroxylation sites is 3. The van der Waals surface area contributed by atoms with Crippen molar-refractivity contribution in [2.45, 2.75) is 46.2 Å². The molecule has 0 spiro atoms. The molecule has 0 saturated carbocycles. The number of anilines is 1. The average Bonchev–Trinajstić information content (AvgIpc) is 3.60. The fourth-order valence-electron chi connectivity index (χ4n) is 5.67. The molecule has 0 bridgehead atoms. The molecular formula is C34H35N5O2. The van der Waals surface area contributed by atoms with Gasteiger partial charge < -0.3 is 19.5 Å². The summed E-state index contributed by atoms with van der Waals surface area (Å²) in [6.07, 6.45) is 3.78. The first-order valence-corrected chi connectivity index (χ1v) is 14.3. The highest BCUT2D eigenvalue weighted by Gasteiger charge is 2.36. The van der Waals surface area contributed by atoms with Gasteiger partial charge in [-0.15, -0.1) is 0 Å². The standard InChI is InChI=1S/C34H35N5O2/c1-4-24-18-20-25(21-19-24)32-30-16-12-22-37(30)33-27(28(5-2)36-39(33)26-13-8-7-9-14-26)23-38(32)34(40)35-29-15-10-11-17-31(29)41-6-3/h7-22,32H,4-6,23H2,1-3H3,(H,35,40). The highest BCUT2D eigenvalue weighted by atomic mass is 16.5. The molecule has 2 aromatic heterocycles. The van der Waals surface area contributed by atoms with Gasteiger partial charge in [0.15, 0.2) is 0 Å². The second-order valence-corrected chi connectivity index (χ2v) is 10.1. The molecule has 0 fully saturated rings. The van der Waals surface area contributed by atoms with E-state index in [2.05, 4.69) is 72.4 Å². The van der Waals surface area contributed by atoms with Crippen molar-refractivity contribution in [1.82, 2.24) is 19.2 Å². The lowest BCUT2D eigenvalue weighted by Gasteiger charge is -2.31. The minimum absolute atomic E-state index is 0.197. The maximum atomic E-state index is 14.3. The van der Waals surface area contributed by atoms with E-state index in [1.165, 1.54) is 5.56 Å². The molecule has 3 heterocycles. The summed E-state index contributed by atoms with van der Waals surface area (Å²) in [5, 5.41) is 8.23. The van der Waals surface area contributed by atoms with E-state index in [1.807, 2.05) is 65.0 Å².